The molecule has 0 radical (unpaired) electrons. The van der Waals surface area contributed by atoms with Crippen molar-refractivity contribution in [2.45, 2.75) is 89.9 Å². The molecule has 2 aromatic heterocycles. The Morgan fingerprint density at radius 2 is 1.34 bits per heavy atom. The third-order valence-electron chi connectivity index (χ3n) is 9.06. The minimum atomic E-state index is -0.938. The molecule has 1 saturated heterocycles. The molecule has 1 unspecified atom stereocenters. The molecule has 1 N–H and O–H groups in total. The Morgan fingerprint density at radius 3 is 1.80 bits per heavy atom. The van der Waals surface area contributed by atoms with Crippen molar-refractivity contribution in [3.05, 3.63) is 104 Å². The minimum absolute atomic E-state index is 0.0275. The lowest BCUT2D eigenvalue weighted by Gasteiger charge is -2.17. The van der Waals surface area contributed by atoms with Crippen LogP contribution < -0.4 is 10.9 Å². The molecule has 0 bridgehead atoms. The van der Waals surface area contributed by atoms with Crippen molar-refractivity contribution >= 4 is 45.0 Å². The van der Waals surface area contributed by atoms with Gasteiger partial charge >= 0.3 is 11.9 Å². The van der Waals surface area contributed by atoms with Gasteiger partial charge in [-0.1, -0.05) is 36.4 Å². The van der Waals surface area contributed by atoms with E-state index in [1.54, 1.807) is 42.5 Å². The molecular weight excluding hydrogens is 640 g/mol. The quantitative estimate of drug-likeness (QED) is 0.187. The van der Waals surface area contributed by atoms with Gasteiger partial charge < -0.3 is 28.2 Å². The number of aliphatic carboxylic acids is 1. The summed E-state index contributed by atoms with van der Waals surface area (Å²) in [5.41, 5.74) is 3.93. The monoisotopic (exact) mass is 682 g/mol. The molecule has 0 amide bonds. The zero-order valence-electron chi connectivity index (χ0n) is 28.5. The van der Waals surface area contributed by atoms with Gasteiger partial charge in [0.15, 0.2) is 16.6 Å². The third kappa shape index (κ3) is 8.49. The fraction of sp³-hybridized carbons (Fsp3) is 0.400. The summed E-state index contributed by atoms with van der Waals surface area (Å²) in [6.45, 7) is 4.18. The van der Waals surface area contributed by atoms with E-state index in [-0.39, 0.29) is 36.4 Å². The number of fused-ring (bicyclic) bond motifs is 2. The molecule has 1 aliphatic heterocycles. The number of para-hydroxylation sites is 2. The number of carbonyl (C=O) groups excluding carboxylic acids is 1. The molecule has 2 aliphatic carbocycles. The van der Waals surface area contributed by atoms with Crippen LogP contribution in [0.15, 0.2) is 79.1 Å². The van der Waals surface area contributed by atoms with Crippen LogP contribution in [-0.4, -0.2) is 42.1 Å². The average molecular weight is 683 g/mol. The highest BCUT2D eigenvalue weighted by Gasteiger charge is 2.33. The first-order valence-corrected chi connectivity index (χ1v) is 17.3. The van der Waals surface area contributed by atoms with Crippen LogP contribution in [0.1, 0.15) is 87.9 Å². The second kappa shape index (κ2) is 15.4. The van der Waals surface area contributed by atoms with Gasteiger partial charge in [0.25, 0.3) is 0 Å². The van der Waals surface area contributed by atoms with Crippen molar-refractivity contribution in [2.75, 3.05) is 13.2 Å². The molecule has 3 heterocycles. The molecule has 4 aromatic rings. The number of carboxylic acids is 1. The SMILES string of the molecule is CC1(C)OCC(COC(=O)Cc2cccc3c(=O)cc(C4=CCCCC4)oc23)O1.O=C(O)Cc1cccc2c(=O)cc(C3=CCCCC3)oc12. The molecule has 0 saturated carbocycles. The van der Waals surface area contributed by atoms with Gasteiger partial charge in [-0.3, -0.25) is 19.2 Å². The second-order valence-corrected chi connectivity index (χ2v) is 13.4. The van der Waals surface area contributed by atoms with Gasteiger partial charge in [0.1, 0.15) is 35.4 Å². The Bertz CT molecular complexity index is 2080. The Labute approximate surface area is 289 Å². The molecule has 1 fully saturated rings. The highest BCUT2D eigenvalue weighted by Crippen LogP contribution is 2.30. The molecule has 10 heteroatoms. The predicted molar refractivity (Wildman–Crippen MR) is 189 cm³/mol. The number of hydrogen-bond acceptors (Lipinski definition) is 9. The fourth-order valence-electron chi connectivity index (χ4n) is 6.59. The Balaban J connectivity index is 0.000000182. The van der Waals surface area contributed by atoms with Crippen LogP contribution in [0.4, 0.5) is 0 Å². The maximum atomic E-state index is 12.6. The highest BCUT2D eigenvalue weighted by atomic mass is 16.7. The summed E-state index contributed by atoms with van der Waals surface area (Å²) < 4.78 is 28.5. The van der Waals surface area contributed by atoms with Crippen molar-refractivity contribution in [1.82, 2.24) is 0 Å². The topological polar surface area (TPSA) is 142 Å². The summed E-state index contributed by atoms with van der Waals surface area (Å²) in [5, 5.41) is 9.90. The number of hydrogen-bond donors (Lipinski definition) is 1. The van der Waals surface area contributed by atoms with E-state index in [1.165, 1.54) is 6.07 Å². The number of esters is 1. The summed E-state index contributed by atoms with van der Waals surface area (Å²) >= 11 is 0. The van der Waals surface area contributed by atoms with Crippen molar-refractivity contribution < 1.29 is 37.7 Å². The lowest BCUT2D eigenvalue weighted by atomic mass is 9.97. The summed E-state index contributed by atoms with van der Waals surface area (Å²) in [5.74, 6) is -0.810. The Kier molecular flexibility index (Phi) is 10.8. The van der Waals surface area contributed by atoms with E-state index in [4.69, 9.17) is 28.2 Å². The van der Waals surface area contributed by atoms with E-state index in [0.717, 1.165) is 62.5 Å². The summed E-state index contributed by atoms with van der Waals surface area (Å²) in [6, 6.07) is 13.4. The predicted octanol–water partition coefficient (Wildman–Crippen LogP) is 7.37. The first-order chi connectivity index (χ1) is 24.1. The first kappa shape index (κ1) is 35.0. The van der Waals surface area contributed by atoms with Crippen LogP contribution in [0, 0.1) is 0 Å². The van der Waals surface area contributed by atoms with Crippen LogP contribution in [0.2, 0.25) is 0 Å². The van der Waals surface area contributed by atoms with Gasteiger partial charge in [0.05, 0.1) is 30.2 Å². The number of rotatable bonds is 8. The zero-order chi connectivity index (χ0) is 35.3. The zero-order valence-corrected chi connectivity index (χ0v) is 28.5. The van der Waals surface area contributed by atoms with E-state index < -0.39 is 17.7 Å². The molecule has 0 spiro atoms. The second-order valence-electron chi connectivity index (χ2n) is 13.4. The van der Waals surface area contributed by atoms with E-state index in [0.29, 0.717) is 51.2 Å². The average Bonchev–Trinajstić information content (AvgIpc) is 3.47. The molecule has 7 rings (SSSR count). The fourth-order valence-corrected chi connectivity index (χ4v) is 6.59. The highest BCUT2D eigenvalue weighted by molar-refractivity contribution is 5.86. The molecule has 10 nitrogen and oxygen atoms in total. The Hall–Kier alpha value is -4.80. The van der Waals surface area contributed by atoms with Crippen molar-refractivity contribution in [3.8, 4) is 0 Å². The van der Waals surface area contributed by atoms with E-state index in [9.17, 15) is 19.2 Å². The maximum absolute atomic E-state index is 12.6. The van der Waals surface area contributed by atoms with Crippen LogP contribution in [0.5, 0.6) is 0 Å². The Morgan fingerprint density at radius 1 is 0.800 bits per heavy atom. The largest absolute Gasteiger partial charge is 0.481 e. The summed E-state index contributed by atoms with van der Waals surface area (Å²) in [6.07, 6.45) is 12.1. The number of carboxylic acid groups (broad SMARTS) is 1. The van der Waals surface area contributed by atoms with E-state index in [1.807, 2.05) is 13.8 Å². The standard InChI is InChI=1S/C23H26O6.C17H16O4/c1-23(2)27-14-17(29-23)13-26-21(25)11-16-9-6-10-18-19(24)12-20(28-22(16)18)15-7-4-3-5-8-15;18-14-10-15(11-5-2-1-3-6-11)21-17-12(9-16(19)20)7-4-8-13(14)17/h6-7,9-10,12,17H,3-5,8,11,13-14H2,1-2H3;4-5,7-8,10H,1-3,6,9H2,(H,19,20). The number of allylic oxidation sites excluding steroid dienone is 4. The molecule has 3 aliphatic rings. The van der Waals surface area contributed by atoms with Crippen LogP contribution in [0.25, 0.3) is 33.1 Å². The van der Waals surface area contributed by atoms with Crippen LogP contribution >= 0.6 is 0 Å². The maximum Gasteiger partial charge on any atom is 0.310 e. The lowest BCUT2D eigenvalue weighted by Crippen LogP contribution is -2.25. The van der Waals surface area contributed by atoms with Gasteiger partial charge in [-0.15, -0.1) is 0 Å². The van der Waals surface area contributed by atoms with E-state index in [2.05, 4.69) is 12.2 Å². The van der Waals surface area contributed by atoms with Gasteiger partial charge in [-0.2, -0.15) is 0 Å². The molecule has 1 atom stereocenters. The first-order valence-electron chi connectivity index (χ1n) is 17.3. The molecule has 2 aromatic carbocycles. The summed E-state index contributed by atoms with van der Waals surface area (Å²) in [4.78, 5) is 48.2. The van der Waals surface area contributed by atoms with Gasteiger partial charge in [-0.05, 0) is 88.5 Å². The number of carbonyl (C=O) groups is 2. The van der Waals surface area contributed by atoms with Gasteiger partial charge in [0.2, 0.25) is 0 Å². The van der Waals surface area contributed by atoms with Crippen LogP contribution in [-0.2, 0) is 36.6 Å². The van der Waals surface area contributed by atoms with Crippen molar-refractivity contribution in [1.29, 1.82) is 0 Å². The van der Waals surface area contributed by atoms with Crippen LogP contribution in [0.3, 0.4) is 0 Å². The molecule has 262 valence electrons. The van der Waals surface area contributed by atoms with Gasteiger partial charge in [0, 0.05) is 23.3 Å². The van der Waals surface area contributed by atoms with Crippen molar-refractivity contribution in [2.24, 2.45) is 0 Å². The van der Waals surface area contributed by atoms with Crippen molar-refractivity contribution in [3.63, 3.8) is 0 Å². The number of ether oxygens (including phenoxy) is 3. The summed E-state index contributed by atoms with van der Waals surface area (Å²) in [7, 11) is 0. The molecular formula is C40H42O10. The minimum Gasteiger partial charge on any atom is -0.481 e. The lowest BCUT2D eigenvalue weighted by molar-refractivity contribution is -0.157. The number of benzene rings is 2. The van der Waals surface area contributed by atoms with Gasteiger partial charge in [-0.25, -0.2) is 0 Å². The van der Waals surface area contributed by atoms with E-state index >= 15 is 0 Å². The smallest absolute Gasteiger partial charge is 0.310 e. The normalized spacial score (nSPS) is 18.6. The third-order valence-corrected chi connectivity index (χ3v) is 9.06. The molecule has 50 heavy (non-hydrogen) atoms.